The topological polar surface area (TPSA) is 0 Å². The third-order valence-corrected chi connectivity index (χ3v) is 1.57. The summed E-state index contributed by atoms with van der Waals surface area (Å²) in [6.45, 7) is 4.00. The van der Waals surface area contributed by atoms with E-state index in [4.69, 9.17) is 0 Å². The highest BCUT2D eigenvalue weighted by Gasteiger charge is 2.42. The van der Waals surface area contributed by atoms with Gasteiger partial charge in [-0.2, -0.15) is 13.2 Å². The quantitative estimate of drug-likeness (QED) is 0.501. The Morgan fingerprint density at radius 2 is 1.50 bits per heavy atom. The highest BCUT2D eigenvalue weighted by Crippen LogP contribution is 2.40. The molecule has 1 aliphatic carbocycles. The predicted molar refractivity (Wildman–Crippen MR) is 34.7 cm³/mol. The molecule has 0 radical (unpaired) electrons. The normalized spacial score (nSPS) is 18.9. The zero-order valence-corrected chi connectivity index (χ0v) is 6.33. The van der Waals surface area contributed by atoms with Crippen LogP contribution in [0.3, 0.4) is 0 Å². The van der Waals surface area contributed by atoms with Gasteiger partial charge in [0, 0.05) is 0 Å². The average molecular weight is 154 g/mol. The molecule has 0 aliphatic heterocycles. The van der Waals surface area contributed by atoms with E-state index in [1.165, 1.54) is 0 Å². The largest absolute Gasteiger partial charge is 0.391 e. The van der Waals surface area contributed by atoms with Crippen molar-refractivity contribution in [3.05, 3.63) is 0 Å². The SMILES string of the molecule is CC.FC(F)(F)C1CCC1. The van der Waals surface area contributed by atoms with Crippen LogP contribution in [0.15, 0.2) is 0 Å². The predicted octanol–water partition coefficient (Wildman–Crippen LogP) is 3.38. The van der Waals surface area contributed by atoms with Crippen molar-refractivity contribution in [2.45, 2.75) is 39.3 Å². The fourth-order valence-corrected chi connectivity index (χ4v) is 0.736. The molecular weight excluding hydrogens is 141 g/mol. The summed E-state index contributed by atoms with van der Waals surface area (Å²) in [5.74, 6) is -0.970. The van der Waals surface area contributed by atoms with Gasteiger partial charge in [-0.3, -0.25) is 0 Å². The molecule has 0 bridgehead atoms. The van der Waals surface area contributed by atoms with E-state index < -0.39 is 12.1 Å². The van der Waals surface area contributed by atoms with E-state index in [0.717, 1.165) is 6.42 Å². The minimum atomic E-state index is -3.90. The lowest BCUT2D eigenvalue weighted by Crippen LogP contribution is -2.28. The van der Waals surface area contributed by atoms with Crippen molar-refractivity contribution in [3.8, 4) is 0 Å². The second-order valence-corrected chi connectivity index (χ2v) is 2.17. The first-order valence-corrected chi connectivity index (χ1v) is 3.67. The van der Waals surface area contributed by atoms with E-state index in [1.807, 2.05) is 13.8 Å². The summed E-state index contributed by atoms with van der Waals surface area (Å²) < 4.78 is 34.5. The third-order valence-electron chi connectivity index (χ3n) is 1.57. The van der Waals surface area contributed by atoms with Gasteiger partial charge in [0.25, 0.3) is 0 Å². The van der Waals surface area contributed by atoms with Gasteiger partial charge in [0.2, 0.25) is 0 Å². The van der Waals surface area contributed by atoms with Crippen molar-refractivity contribution >= 4 is 0 Å². The number of rotatable bonds is 0. The first kappa shape index (κ1) is 9.79. The van der Waals surface area contributed by atoms with Gasteiger partial charge in [0.15, 0.2) is 0 Å². The van der Waals surface area contributed by atoms with Crippen LogP contribution >= 0.6 is 0 Å². The molecule has 62 valence electrons. The Morgan fingerprint density at radius 3 is 1.50 bits per heavy atom. The summed E-state index contributed by atoms with van der Waals surface area (Å²) in [6, 6.07) is 0. The zero-order valence-electron chi connectivity index (χ0n) is 6.33. The maximum Gasteiger partial charge on any atom is 0.391 e. The van der Waals surface area contributed by atoms with E-state index in [1.54, 1.807) is 0 Å². The number of alkyl halides is 3. The van der Waals surface area contributed by atoms with Gasteiger partial charge >= 0.3 is 6.18 Å². The smallest absolute Gasteiger partial charge is 0.171 e. The maximum atomic E-state index is 11.5. The Hall–Kier alpha value is -0.210. The highest BCUT2D eigenvalue weighted by molar-refractivity contribution is 4.75. The fourth-order valence-electron chi connectivity index (χ4n) is 0.736. The van der Waals surface area contributed by atoms with Gasteiger partial charge < -0.3 is 0 Å². The molecule has 0 atom stereocenters. The highest BCUT2D eigenvalue weighted by atomic mass is 19.4. The Labute approximate surface area is 59.4 Å². The fraction of sp³-hybridized carbons (Fsp3) is 1.00. The second-order valence-electron chi connectivity index (χ2n) is 2.17. The molecule has 1 rings (SSSR count). The summed E-state index contributed by atoms with van der Waals surface area (Å²) in [5, 5.41) is 0. The number of hydrogen-bond donors (Lipinski definition) is 0. The van der Waals surface area contributed by atoms with Gasteiger partial charge in [0.05, 0.1) is 5.92 Å². The van der Waals surface area contributed by atoms with Crippen LogP contribution in [0.25, 0.3) is 0 Å². The number of hydrogen-bond acceptors (Lipinski definition) is 0. The van der Waals surface area contributed by atoms with E-state index in [9.17, 15) is 13.2 Å². The van der Waals surface area contributed by atoms with Gasteiger partial charge in [-0.15, -0.1) is 0 Å². The van der Waals surface area contributed by atoms with Crippen molar-refractivity contribution in [1.29, 1.82) is 0 Å². The minimum Gasteiger partial charge on any atom is -0.171 e. The van der Waals surface area contributed by atoms with Crippen molar-refractivity contribution < 1.29 is 13.2 Å². The first-order valence-electron chi connectivity index (χ1n) is 3.67. The summed E-state index contributed by atoms with van der Waals surface area (Å²) in [5.41, 5.74) is 0. The zero-order chi connectivity index (χ0) is 8.20. The van der Waals surface area contributed by atoms with Crippen LogP contribution in [0.1, 0.15) is 33.1 Å². The molecule has 0 nitrogen and oxygen atoms in total. The van der Waals surface area contributed by atoms with Crippen LogP contribution in [-0.4, -0.2) is 6.18 Å². The van der Waals surface area contributed by atoms with E-state index in [2.05, 4.69) is 0 Å². The molecule has 0 saturated heterocycles. The molecule has 10 heavy (non-hydrogen) atoms. The van der Waals surface area contributed by atoms with Gasteiger partial charge in [0.1, 0.15) is 0 Å². The molecule has 0 spiro atoms. The first-order chi connectivity index (χ1) is 4.61. The Bertz CT molecular complexity index is 81.3. The molecule has 0 aromatic heterocycles. The van der Waals surface area contributed by atoms with Crippen LogP contribution in [0.2, 0.25) is 0 Å². The van der Waals surface area contributed by atoms with Crippen LogP contribution < -0.4 is 0 Å². The van der Waals surface area contributed by atoms with E-state index in [-0.39, 0.29) is 0 Å². The van der Waals surface area contributed by atoms with Crippen LogP contribution in [0, 0.1) is 5.92 Å². The van der Waals surface area contributed by atoms with Gasteiger partial charge in [-0.1, -0.05) is 20.3 Å². The van der Waals surface area contributed by atoms with Crippen molar-refractivity contribution in [2.75, 3.05) is 0 Å². The Balaban J connectivity index is 0.000000371. The minimum absolute atomic E-state index is 0.351. The van der Waals surface area contributed by atoms with Gasteiger partial charge in [-0.25, -0.2) is 0 Å². The lowest BCUT2D eigenvalue weighted by atomic mass is 9.85. The summed E-state index contributed by atoms with van der Waals surface area (Å²) in [7, 11) is 0. The molecule has 0 unspecified atom stereocenters. The lowest BCUT2D eigenvalue weighted by Gasteiger charge is -2.27. The molecule has 0 aromatic rings. The molecule has 1 fully saturated rings. The number of halogens is 3. The van der Waals surface area contributed by atoms with E-state index in [0.29, 0.717) is 12.8 Å². The molecule has 0 N–H and O–H groups in total. The maximum absolute atomic E-state index is 11.5. The van der Waals surface area contributed by atoms with Crippen LogP contribution in [0.4, 0.5) is 13.2 Å². The monoisotopic (exact) mass is 154 g/mol. The van der Waals surface area contributed by atoms with Crippen molar-refractivity contribution in [2.24, 2.45) is 5.92 Å². The second kappa shape index (κ2) is 3.84. The van der Waals surface area contributed by atoms with Crippen molar-refractivity contribution in [3.63, 3.8) is 0 Å². The molecule has 0 heterocycles. The summed E-state index contributed by atoms with van der Waals surface area (Å²) in [6.07, 6.45) is -2.45. The van der Waals surface area contributed by atoms with Crippen molar-refractivity contribution in [1.82, 2.24) is 0 Å². The van der Waals surface area contributed by atoms with E-state index >= 15 is 0 Å². The third kappa shape index (κ3) is 2.58. The Kier molecular flexibility index (Phi) is 3.76. The standard InChI is InChI=1S/C5H7F3.C2H6/c6-5(7,8)4-2-1-3-4;1-2/h4H,1-3H2;1-2H3. The Morgan fingerprint density at radius 1 is 1.10 bits per heavy atom. The van der Waals surface area contributed by atoms with Gasteiger partial charge in [-0.05, 0) is 12.8 Å². The molecule has 3 heteroatoms. The molecule has 1 saturated carbocycles. The molecular formula is C7H13F3. The molecule has 0 amide bonds. The summed E-state index contributed by atoms with van der Waals surface area (Å²) in [4.78, 5) is 0. The summed E-state index contributed by atoms with van der Waals surface area (Å²) >= 11 is 0. The lowest BCUT2D eigenvalue weighted by molar-refractivity contribution is -0.193. The van der Waals surface area contributed by atoms with Crippen LogP contribution in [-0.2, 0) is 0 Å². The van der Waals surface area contributed by atoms with Crippen LogP contribution in [0.5, 0.6) is 0 Å². The molecule has 0 aromatic carbocycles. The molecule has 1 aliphatic rings. The average Bonchev–Trinajstić information content (AvgIpc) is 1.61.